The van der Waals surface area contributed by atoms with Gasteiger partial charge in [-0.1, -0.05) is 29.3 Å². The first kappa shape index (κ1) is 28.9. The number of halogens is 2. The van der Waals surface area contributed by atoms with Crippen molar-refractivity contribution in [1.29, 1.82) is 0 Å². The smallest absolute Gasteiger partial charge is 0.339 e. The fourth-order valence-electron chi connectivity index (χ4n) is 5.41. The number of carbonyl (C=O) groups excluding carboxylic acids is 2. The maximum atomic E-state index is 13.2. The molecular formula is C31H31Cl2N3O5. The molecule has 214 valence electrons. The van der Waals surface area contributed by atoms with Gasteiger partial charge in [-0.3, -0.25) is 9.79 Å². The van der Waals surface area contributed by atoms with E-state index in [9.17, 15) is 9.59 Å². The second kappa shape index (κ2) is 10.7. The lowest BCUT2D eigenvalue weighted by atomic mass is 9.80. The second-order valence-electron chi connectivity index (χ2n) is 11.3. The van der Waals surface area contributed by atoms with Crippen molar-refractivity contribution in [2.24, 2.45) is 4.99 Å². The molecule has 1 amide bonds. The highest BCUT2D eigenvalue weighted by Crippen LogP contribution is 2.48. The minimum Gasteiger partial charge on any atom is -0.490 e. The standard InChI is InChI=1S/C31H31Cl2N3O5/c1-7-40-22-11-18-14-30(2,3)36-26(25(18)20-15-31(4,5)41-27(20)22)16-8-9-19(29(38)39-6)21(10-16)34-28(37)17-12-23(32)35-24(33)13-17/h8-13H,7,14-15H2,1-6H3,(H,34,37). The Morgan fingerprint density at radius 2 is 1.76 bits per heavy atom. The molecule has 5 rings (SSSR count). The van der Waals surface area contributed by atoms with E-state index in [1.807, 2.05) is 13.0 Å². The van der Waals surface area contributed by atoms with Crippen molar-refractivity contribution < 1.29 is 23.8 Å². The van der Waals surface area contributed by atoms with Crippen molar-refractivity contribution in [3.05, 3.63) is 80.1 Å². The van der Waals surface area contributed by atoms with Gasteiger partial charge < -0.3 is 19.5 Å². The maximum Gasteiger partial charge on any atom is 0.339 e. The van der Waals surface area contributed by atoms with Gasteiger partial charge in [0.05, 0.1) is 36.2 Å². The van der Waals surface area contributed by atoms with Crippen LogP contribution in [-0.4, -0.2) is 47.4 Å². The number of anilines is 1. The van der Waals surface area contributed by atoms with Crippen LogP contribution in [0.15, 0.2) is 41.4 Å². The molecule has 41 heavy (non-hydrogen) atoms. The number of hydrogen-bond donors (Lipinski definition) is 1. The summed E-state index contributed by atoms with van der Waals surface area (Å²) in [4.78, 5) is 35.0. The Morgan fingerprint density at radius 1 is 1.05 bits per heavy atom. The van der Waals surface area contributed by atoms with Crippen LogP contribution in [-0.2, 0) is 17.6 Å². The van der Waals surface area contributed by atoms with Crippen LogP contribution in [0.2, 0.25) is 10.3 Å². The van der Waals surface area contributed by atoms with Crippen LogP contribution in [0.5, 0.6) is 11.5 Å². The van der Waals surface area contributed by atoms with Crippen molar-refractivity contribution >= 4 is 46.5 Å². The number of hydrogen-bond acceptors (Lipinski definition) is 7. The number of nitrogens with zero attached hydrogens (tertiary/aromatic N) is 2. The van der Waals surface area contributed by atoms with Crippen molar-refractivity contribution in [3.63, 3.8) is 0 Å². The Labute approximate surface area is 249 Å². The summed E-state index contributed by atoms with van der Waals surface area (Å²) in [7, 11) is 1.29. The van der Waals surface area contributed by atoms with Gasteiger partial charge in [-0.05, 0) is 76.9 Å². The first-order valence-electron chi connectivity index (χ1n) is 13.3. The number of pyridine rings is 1. The highest BCUT2D eigenvalue weighted by molar-refractivity contribution is 6.33. The van der Waals surface area contributed by atoms with Gasteiger partial charge in [0, 0.05) is 28.7 Å². The molecule has 1 N–H and O–H groups in total. The minimum atomic E-state index is -0.596. The Bertz CT molecular complexity index is 1590. The predicted molar refractivity (Wildman–Crippen MR) is 159 cm³/mol. The molecule has 0 spiro atoms. The van der Waals surface area contributed by atoms with Crippen LogP contribution in [0.1, 0.15) is 77.6 Å². The minimum absolute atomic E-state index is 0.0745. The molecule has 8 nitrogen and oxygen atoms in total. The summed E-state index contributed by atoms with van der Waals surface area (Å²) in [6, 6.07) is 10.0. The van der Waals surface area contributed by atoms with Gasteiger partial charge in [0.2, 0.25) is 0 Å². The van der Waals surface area contributed by atoms with Crippen molar-refractivity contribution in [3.8, 4) is 11.5 Å². The highest BCUT2D eigenvalue weighted by Gasteiger charge is 2.40. The van der Waals surface area contributed by atoms with E-state index in [-0.39, 0.29) is 27.1 Å². The molecule has 0 aliphatic carbocycles. The molecule has 10 heteroatoms. The summed E-state index contributed by atoms with van der Waals surface area (Å²) >= 11 is 12.0. The van der Waals surface area contributed by atoms with E-state index in [4.69, 9.17) is 42.4 Å². The largest absolute Gasteiger partial charge is 0.490 e. The number of nitrogens with one attached hydrogen (secondary N) is 1. The number of methoxy groups -OCH3 is 1. The number of rotatable bonds is 6. The molecule has 1 aromatic heterocycles. The molecule has 0 atom stereocenters. The summed E-state index contributed by atoms with van der Waals surface area (Å²) in [5, 5.41) is 2.98. The van der Waals surface area contributed by atoms with E-state index in [0.29, 0.717) is 19.4 Å². The Balaban J connectivity index is 1.66. The summed E-state index contributed by atoms with van der Waals surface area (Å²) in [6.45, 7) is 10.7. The number of esters is 1. The van der Waals surface area contributed by atoms with Gasteiger partial charge >= 0.3 is 5.97 Å². The van der Waals surface area contributed by atoms with E-state index in [2.05, 4.69) is 44.1 Å². The van der Waals surface area contributed by atoms with Crippen LogP contribution in [0.4, 0.5) is 5.69 Å². The second-order valence-corrected chi connectivity index (χ2v) is 12.1. The predicted octanol–water partition coefficient (Wildman–Crippen LogP) is 6.71. The average Bonchev–Trinajstić information content (AvgIpc) is 3.21. The quantitative estimate of drug-likeness (QED) is 0.251. The van der Waals surface area contributed by atoms with Gasteiger partial charge in [-0.25, -0.2) is 9.78 Å². The molecule has 0 fully saturated rings. The van der Waals surface area contributed by atoms with Crippen molar-refractivity contribution in [2.75, 3.05) is 19.0 Å². The number of ether oxygens (including phenoxy) is 3. The molecule has 0 saturated carbocycles. The molecule has 0 unspecified atom stereocenters. The SMILES string of the molecule is CCOc1cc2c(c3c1OC(C)(C)C3)C(c1ccc(C(=O)OC)c(NC(=O)c3cc(Cl)nc(Cl)c3)c1)=NC(C)(C)C2. The first-order chi connectivity index (χ1) is 19.3. The van der Waals surface area contributed by atoms with Gasteiger partial charge in [-0.15, -0.1) is 0 Å². The van der Waals surface area contributed by atoms with Crippen molar-refractivity contribution in [2.45, 2.75) is 58.6 Å². The van der Waals surface area contributed by atoms with Crippen LogP contribution < -0.4 is 14.8 Å². The fraction of sp³-hybridized carbons (Fsp3) is 0.355. The Hall–Kier alpha value is -3.62. The third-order valence-corrected chi connectivity index (χ3v) is 7.34. The van der Waals surface area contributed by atoms with Crippen molar-refractivity contribution in [1.82, 2.24) is 4.98 Å². The Morgan fingerprint density at radius 3 is 2.41 bits per heavy atom. The van der Waals surface area contributed by atoms with E-state index < -0.39 is 23.0 Å². The third kappa shape index (κ3) is 5.76. The number of fused-ring (bicyclic) bond motifs is 3. The summed E-state index contributed by atoms with van der Waals surface area (Å²) in [6.07, 6.45) is 1.39. The average molecular weight is 597 g/mol. The number of aromatic nitrogens is 1. The zero-order valence-electron chi connectivity index (χ0n) is 23.8. The number of benzene rings is 2. The normalized spacial score (nSPS) is 16.1. The van der Waals surface area contributed by atoms with Gasteiger partial charge in [0.15, 0.2) is 11.5 Å². The van der Waals surface area contributed by atoms with E-state index in [1.54, 1.807) is 12.1 Å². The summed E-state index contributed by atoms with van der Waals surface area (Å²) < 4.78 is 17.4. The van der Waals surface area contributed by atoms with E-state index >= 15 is 0 Å². The third-order valence-electron chi connectivity index (χ3n) is 6.95. The Kier molecular flexibility index (Phi) is 7.51. The monoisotopic (exact) mass is 595 g/mol. The number of carbonyl (C=O) groups is 2. The summed E-state index contributed by atoms with van der Waals surface area (Å²) in [5.41, 5.74) is 4.42. The van der Waals surface area contributed by atoms with Gasteiger partial charge in [0.25, 0.3) is 5.91 Å². The maximum absolute atomic E-state index is 13.2. The van der Waals surface area contributed by atoms with E-state index in [0.717, 1.165) is 39.5 Å². The molecule has 3 aromatic rings. The molecule has 3 heterocycles. The first-order valence-corrected chi connectivity index (χ1v) is 14.0. The lowest BCUT2D eigenvalue weighted by Crippen LogP contribution is -2.31. The molecule has 2 aliphatic rings. The molecule has 0 bridgehead atoms. The molecule has 0 radical (unpaired) electrons. The topological polar surface area (TPSA) is 99.1 Å². The molecule has 2 aliphatic heterocycles. The van der Waals surface area contributed by atoms with Crippen LogP contribution in [0.25, 0.3) is 0 Å². The number of aliphatic imine (C=N–C) groups is 1. The van der Waals surface area contributed by atoms with Gasteiger partial charge in [-0.2, -0.15) is 0 Å². The lowest BCUT2D eigenvalue weighted by molar-refractivity contribution is 0.0602. The molecule has 2 aromatic carbocycles. The van der Waals surface area contributed by atoms with Crippen LogP contribution in [0, 0.1) is 0 Å². The highest BCUT2D eigenvalue weighted by atomic mass is 35.5. The van der Waals surface area contributed by atoms with E-state index in [1.165, 1.54) is 19.2 Å². The van der Waals surface area contributed by atoms with Crippen LogP contribution >= 0.6 is 23.2 Å². The summed E-state index contributed by atoms with van der Waals surface area (Å²) in [5.74, 6) is 0.352. The molecular weight excluding hydrogens is 565 g/mol. The lowest BCUT2D eigenvalue weighted by Gasteiger charge is -2.31. The number of amides is 1. The zero-order valence-corrected chi connectivity index (χ0v) is 25.3. The fourth-order valence-corrected chi connectivity index (χ4v) is 5.87. The molecule has 0 saturated heterocycles. The zero-order chi connectivity index (χ0) is 29.7. The van der Waals surface area contributed by atoms with Gasteiger partial charge in [0.1, 0.15) is 15.9 Å². The van der Waals surface area contributed by atoms with Crippen LogP contribution in [0.3, 0.4) is 0 Å².